The fourth-order valence-electron chi connectivity index (χ4n) is 10.9. The number of aliphatic hydroxyl groups excluding tert-OH is 1. The number of phenolic OH excluding ortho intramolecular Hbond substituents is 5. The summed E-state index contributed by atoms with van der Waals surface area (Å²) in [7, 11) is 0.977. The van der Waals surface area contributed by atoms with Gasteiger partial charge in [-0.3, -0.25) is 28.8 Å². The van der Waals surface area contributed by atoms with E-state index in [0.717, 1.165) is 43.5 Å². The predicted octanol–water partition coefficient (Wildman–Crippen LogP) is 5.49. The van der Waals surface area contributed by atoms with Crippen LogP contribution in [-0.4, -0.2) is 104 Å². The molecule has 16 N–H and O–H groups in total. The maximum Gasteiger partial charge on any atom is 0.333 e. The van der Waals surface area contributed by atoms with Crippen LogP contribution in [0.5, 0.6) is 69.0 Å². The molecule has 28 heteroatoms. The molecule has 6 aliphatic rings. The number of hydrogen-bond donors (Lipinski definition) is 14. The van der Waals surface area contributed by atoms with Crippen molar-refractivity contribution in [3.8, 4) is 80.1 Å². The second-order valence-corrected chi connectivity index (χ2v) is 22.4. The van der Waals surface area contributed by atoms with Crippen molar-refractivity contribution in [2.24, 2.45) is 11.5 Å². The molecule has 7 aromatic carbocycles. The Morgan fingerprint density at radius 2 is 1.16 bits per heavy atom. The van der Waals surface area contributed by atoms with Gasteiger partial charge in [0.25, 0.3) is 0 Å². The molecule has 0 saturated carbocycles. The normalized spacial score (nSPS) is 21.3. The number of aromatic hydroxyl groups is 5. The van der Waals surface area contributed by atoms with Crippen molar-refractivity contribution in [3.63, 3.8) is 0 Å². The smallest absolute Gasteiger partial charge is 0.333 e. The number of hydrogen-bond acceptors (Lipinski definition) is 20. The summed E-state index contributed by atoms with van der Waals surface area (Å²) < 4.78 is 30.7. The van der Waals surface area contributed by atoms with E-state index in [9.17, 15) is 45.0 Å². The van der Waals surface area contributed by atoms with E-state index in [1.54, 1.807) is 0 Å². The SMILES string of the molecule is COC(=O)[C@@H]1NC(=O)[C@H]2NC(=O)[C@H](NC(=O)[C@@H]3NC(=O)[C@H]4NC(=O)[C@@H](Cc5ccc(c(Cl)c5)Oc5cc3cc(c5OCCCCN)Oc3ccc(cc3Cl)[C@H]2O)NC(=O)[C@@H](N)c2ccc(O)c(c2)Oc2cc(O)cc4c2)c2ccc(O)c(c2)-c2c(O)cc(O)cc21. The van der Waals surface area contributed by atoms with Gasteiger partial charge in [0.15, 0.2) is 29.0 Å². The lowest BCUT2D eigenvalue weighted by Gasteiger charge is -2.31. The van der Waals surface area contributed by atoms with E-state index in [1.165, 1.54) is 78.9 Å². The Morgan fingerprint density at radius 1 is 0.560 bits per heavy atom. The molecule has 0 unspecified atom stereocenters. The first-order chi connectivity index (χ1) is 43.5. The number of fused-ring (bicyclic) bond motifs is 14. The first kappa shape index (κ1) is 62.1. The van der Waals surface area contributed by atoms with Crippen molar-refractivity contribution in [2.75, 3.05) is 20.3 Å². The van der Waals surface area contributed by atoms with Crippen LogP contribution in [0.25, 0.3) is 11.1 Å². The number of benzene rings is 7. The van der Waals surface area contributed by atoms with Crippen molar-refractivity contribution in [1.82, 2.24) is 31.9 Å². The molecule has 17 bridgehead atoms. The molecular formula is C63H56Cl2N8O18. The zero-order valence-electron chi connectivity index (χ0n) is 47.6. The maximum atomic E-state index is 16.0. The second-order valence-electron chi connectivity index (χ2n) is 21.6. The van der Waals surface area contributed by atoms with Gasteiger partial charge in [0.2, 0.25) is 41.2 Å². The van der Waals surface area contributed by atoms with Crippen molar-refractivity contribution in [3.05, 3.63) is 164 Å². The molecule has 0 fully saturated rings. The molecule has 7 aromatic rings. The summed E-state index contributed by atoms with van der Waals surface area (Å²) in [5.41, 5.74) is 11.0. The summed E-state index contributed by atoms with van der Waals surface area (Å²) in [6.07, 6.45) is -1.52. The van der Waals surface area contributed by atoms with Gasteiger partial charge in [-0.1, -0.05) is 47.5 Å². The quantitative estimate of drug-likeness (QED) is 0.0723. The van der Waals surface area contributed by atoms with E-state index in [-0.39, 0.29) is 114 Å². The molecule has 0 aromatic heterocycles. The van der Waals surface area contributed by atoms with E-state index in [4.69, 9.17) is 58.4 Å². The monoisotopic (exact) mass is 1280 g/mol. The molecule has 26 nitrogen and oxygen atoms in total. The highest BCUT2D eigenvalue weighted by molar-refractivity contribution is 6.32. The molecule has 91 heavy (non-hydrogen) atoms. The number of unbranched alkanes of at least 4 members (excludes halogenated alkanes) is 1. The Balaban J connectivity index is 1.17. The molecule has 470 valence electrons. The van der Waals surface area contributed by atoms with E-state index < -0.39 is 119 Å². The zero-order valence-corrected chi connectivity index (χ0v) is 49.1. The number of rotatable bonds is 6. The summed E-state index contributed by atoms with van der Waals surface area (Å²) in [6, 6.07) is 10.00. The number of halogens is 2. The van der Waals surface area contributed by atoms with Crippen LogP contribution in [0.3, 0.4) is 0 Å². The minimum atomic E-state index is -2.13. The fraction of sp³-hybridized carbons (Fsp3) is 0.222. The zero-order chi connectivity index (χ0) is 64.7. The standard InChI is InChI=1S/C63H56Cl2N8O18/c1-87-63(86)53-36-24-33(75)25-42(78)48(36)35-18-28(6-8-40(35)76)50-59(82)73-54(62(85)72-53)55(79)29-7-11-44(38(65)19-29)91-47-22-31-21-46(56(47)88-13-3-2-12-66)90-43-10-4-26(14-37(43)64)15-39-57(80)69-51(60(83)71-52(31)61(84)70-50)30-16-32(74)23-34(17-30)89-45-20-27(5-9-41(45)77)49(67)58(81)68-39/h4-11,14,16-25,39,49-55,74-79H,2-3,12-13,15,66-67H2,1H3,(H,68,81)(H,69,80)(H,70,84)(H,71,83)(H,72,85)(H,73,82)/t39-,49+,50-,51+,52-,53-,54+,55-/m1/s1. The molecule has 6 heterocycles. The molecular weight excluding hydrogens is 1230 g/mol. The van der Waals surface area contributed by atoms with Crippen molar-refractivity contribution < 1.29 is 87.9 Å². The van der Waals surface area contributed by atoms with Crippen molar-refractivity contribution in [1.29, 1.82) is 0 Å². The minimum absolute atomic E-state index is 0.0250. The van der Waals surface area contributed by atoms with Gasteiger partial charge in [-0.25, -0.2) is 4.79 Å². The average molecular weight is 1280 g/mol. The van der Waals surface area contributed by atoms with Gasteiger partial charge < -0.3 is 97.7 Å². The summed E-state index contributed by atoms with van der Waals surface area (Å²) in [6.45, 7) is 0.260. The Kier molecular flexibility index (Phi) is 17.4. The Bertz CT molecular complexity index is 4150. The lowest BCUT2D eigenvalue weighted by molar-refractivity contribution is -0.146. The Hall–Kier alpha value is -10.5. The third-order valence-electron chi connectivity index (χ3n) is 15.5. The van der Waals surface area contributed by atoms with Crippen LogP contribution in [0.2, 0.25) is 10.0 Å². The summed E-state index contributed by atoms with van der Waals surface area (Å²) in [4.78, 5) is 105. The molecule has 8 atom stereocenters. The molecule has 0 spiro atoms. The summed E-state index contributed by atoms with van der Waals surface area (Å²) >= 11 is 14.0. The largest absolute Gasteiger partial charge is 0.508 e. The van der Waals surface area contributed by atoms with Gasteiger partial charge in [0, 0.05) is 35.2 Å². The molecule has 0 aliphatic carbocycles. The number of ether oxygens (including phenoxy) is 5. The second kappa shape index (κ2) is 25.5. The fourth-order valence-corrected chi connectivity index (χ4v) is 11.4. The van der Waals surface area contributed by atoms with Gasteiger partial charge in [-0.2, -0.15) is 0 Å². The van der Waals surface area contributed by atoms with Gasteiger partial charge in [0.1, 0.15) is 82.6 Å². The van der Waals surface area contributed by atoms with E-state index in [2.05, 4.69) is 31.9 Å². The number of carbonyl (C=O) groups excluding carboxylic acids is 7. The number of methoxy groups -OCH3 is 1. The van der Waals surface area contributed by atoms with Gasteiger partial charge in [-0.05, 0) is 132 Å². The Morgan fingerprint density at radius 3 is 1.85 bits per heavy atom. The highest BCUT2D eigenvalue weighted by Gasteiger charge is 2.42. The maximum absolute atomic E-state index is 16.0. The van der Waals surface area contributed by atoms with Crippen LogP contribution < -0.4 is 62.3 Å². The first-order valence-electron chi connectivity index (χ1n) is 28.1. The van der Waals surface area contributed by atoms with Crippen LogP contribution in [0.4, 0.5) is 0 Å². The lowest BCUT2D eigenvalue weighted by atomic mass is 9.89. The predicted molar refractivity (Wildman–Crippen MR) is 321 cm³/mol. The number of phenols is 5. The van der Waals surface area contributed by atoms with Crippen LogP contribution in [0.1, 0.15) is 88.1 Å². The highest BCUT2D eigenvalue weighted by Crippen LogP contribution is 2.49. The van der Waals surface area contributed by atoms with Crippen LogP contribution in [0, 0.1) is 0 Å². The summed E-state index contributed by atoms with van der Waals surface area (Å²) in [5, 5.41) is 83.9. The topological polar surface area (TPSA) is 411 Å². The number of amides is 6. The lowest BCUT2D eigenvalue weighted by Crippen LogP contribution is -2.55. The number of nitrogens with one attached hydrogen (secondary N) is 6. The number of aliphatic hydroxyl groups is 1. The van der Waals surface area contributed by atoms with Crippen LogP contribution in [0.15, 0.2) is 115 Å². The number of nitrogens with two attached hydrogens (primary N) is 2. The van der Waals surface area contributed by atoms with Crippen molar-refractivity contribution >= 4 is 64.6 Å². The number of esters is 1. The molecule has 6 amide bonds. The third-order valence-corrected chi connectivity index (χ3v) is 16.1. The van der Waals surface area contributed by atoms with Gasteiger partial charge in [0.05, 0.1) is 23.8 Å². The van der Waals surface area contributed by atoms with E-state index >= 15 is 19.2 Å². The Labute approximate surface area is 525 Å². The van der Waals surface area contributed by atoms with Crippen LogP contribution in [-0.2, 0) is 44.7 Å². The van der Waals surface area contributed by atoms with E-state index in [0.29, 0.717) is 18.4 Å². The van der Waals surface area contributed by atoms with Gasteiger partial charge >= 0.3 is 5.97 Å². The first-order valence-corrected chi connectivity index (χ1v) is 28.8. The summed E-state index contributed by atoms with van der Waals surface area (Å²) in [5.74, 6) is -12.4. The van der Waals surface area contributed by atoms with Gasteiger partial charge in [-0.15, -0.1) is 0 Å². The minimum Gasteiger partial charge on any atom is -0.508 e. The third kappa shape index (κ3) is 12.7. The van der Waals surface area contributed by atoms with Crippen LogP contribution >= 0.6 is 23.2 Å². The molecule has 0 saturated heterocycles. The van der Waals surface area contributed by atoms with Crippen molar-refractivity contribution in [2.45, 2.75) is 67.7 Å². The highest BCUT2D eigenvalue weighted by atomic mass is 35.5. The van der Waals surface area contributed by atoms with E-state index in [1.807, 2.05) is 0 Å². The number of carbonyl (C=O) groups is 7. The average Bonchev–Trinajstić information content (AvgIpc) is 0.839. The molecule has 13 rings (SSSR count). The molecule has 0 radical (unpaired) electrons. The molecule has 6 aliphatic heterocycles.